The molecule has 6 nitrogen and oxygen atoms in total. The summed E-state index contributed by atoms with van der Waals surface area (Å²) in [5.41, 5.74) is 3.46. The number of aromatic nitrogens is 1. The minimum Gasteiger partial charge on any atom is -0.308 e. The van der Waals surface area contributed by atoms with Gasteiger partial charge in [-0.3, -0.25) is 0 Å². The van der Waals surface area contributed by atoms with Gasteiger partial charge in [0.05, 0.1) is 5.75 Å². The van der Waals surface area contributed by atoms with Gasteiger partial charge in [-0.05, 0) is 18.7 Å². The van der Waals surface area contributed by atoms with Crippen LogP contribution in [-0.2, 0) is 16.4 Å². The minimum absolute atomic E-state index is 0.166. The van der Waals surface area contributed by atoms with E-state index in [-0.39, 0.29) is 5.75 Å². The van der Waals surface area contributed by atoms with Gasteiger partial charge in [0.1, 0.15) is 15.7 Å². The van der Waals surface area contributed by atoms with Gasteiger partial charge in [0.2, 0.25) is 0 Å². The van der Waals surface area contributed by atoms with Crippen molar-refractivity contribution in [3.8, 4) is 0 Å². The molecule has 17 heavy (non-hydrogen) atoms. The van der Waals surface area contributed by atoms with Crippen LogP contribution in [0.5, 0.6) is 0 Å². The van der Waals surface area contributed by atoms with Crippen LogP contribution in [0.3, 0.4) is 0 Å². The fourth-order valence-corrected chi connectivity index (χ4v) is 1.96. The summed E-state index contributed by atoms with van der Waals surface area (Å²) in [6.45, 7) is 1.17. The molecule has 0 fully saturated rings. The molecule has 0 saturated carbocycles. The average molecular weight is 258 g/mol. The molecule has 0 amide bonds. The number of hydrogen-bond acceptors (Lipinski definition) is 6. The quantitative estimate of drug-likeness (QED) is 0.544. The maximum atomic E-state index is 11.0. The Morgan fingerprint density at radius 1 is 1.47 bits per heavy atom. The van der Waals surface area contributed by atoms with Crippen LogP contribution in [0.15, 0.2) is 18.3 Å². The van der Waals surface area contributed by atoms with Crippen molar-refractivity contribution in [2.24, 2.45) is 5.84 Å². The third kappa shape index (κ3) is 5.62. The van der Waals surface area contributed by atoms with Gasteiger partial charge in [-0.2, -0.15) is 0 Å². The third-order valence-electron chi connectivity index (χ3n) is 2.27. The molecule has 0 aliphatic heterocycles. The Hall–Kier alpha value is -1.18. The lowest BCUT2D eigenvalue weighted by atomic mass is 10.2. The van der Waals surface area contributed by atoms with Crippen molar-refractivity contribution in [2.45, 2.75) is 6.54 Å². The molecule has 0 radical (unpaired) electrons. The molecular formula is C10H18N4O2S. The molecule has 0 bridgehead atoms. The fourth-order valence-electron chi connectivity index (χ4n) is 1.32. The number of anilines is 1. The first-order chi connectivity index (χ1) is 7.90. The van der Waals surface area contributed by atoms with Gasteiger partial charge in [0.25, 0.3) is 0 Å². The number of hydrazine groups is 1. The van der Waals surface area contributed by atoms with E-state index in [1.807, 2.05) is 18.0 Å². The van der Waals surface area contributed by atoms with E-state index in [0.29, 0.717) is 18.9 Å². The zero-order valence-electron chi connectivity index (χ0n) is 10.0. The molecule has 1 heterocycles. The molecule has 1 aromatic rings. The van der Waals surface area contributed by atoms with E-state index < -0.39 is 9.84 Å². The van der Waals surface area contributed by atoms with E-state index in [2.05, 4.69) is 10.4 Å². The number of hydrogen-bond donors (Lipinski definition) is 2. The number of rotatable bonds is 6. The van der Waals surface area contributed by atoms with Crippen LogP contribution >= 0.6 is 0 Å². The van der Waals surface area contributed by atoms with E-state index in [4.69, 9.17) is 5.84 Å². The number of pyridine rings is 1. The maximum Gasteiger partial charge on any atom is 0.148 e. The lowest BCUT2D eigenvalue weighted by molar-refractivity contribution is 0.346. The number of nitrogens with one attached hydrogen (secondary N) is 1. The minimum atomic E-state index is -2.91. The Morgan fingerprint density at radius 2 is 2.18 bits per heavy atom. The summed E-state index contributed by atoms with van der Waals surface area (Å²) in [5.74, 6) is 5.98. The number of sulfone groups is 1. The van der Waals surface area contributed by atoms with Crippen LogP contribution in [0.2, 0.25) is 0 Å². The summed E-state index contributed by atoms with van der Waals surface area (Å²) in [5, 5.41) is 0. The molecule has 3 N–H and O–H groups in total. The molecule has 7 heteroatoms. The second-order valence-corrected chi connectivity index (χ2v) is 6.32. The second-order valence-electron chi connectivity index (χ2n) is 4.06. The van der Waals surface area contributed by atoms with E-state index in [1.165, 1.54) is 6.26 Å². The summed E-state index contributed by atoms with van der Waals surface area (Å²) in [6.07, 6.45) is 2.95. The van der Waals surface area contributed by atoms with Crippen LogP contribution in [0.1, 0.15) is 5.56 Å². The number of nitrogen functional groups attached to an aromatic ring is 1. The average Bonchev–Trinajstić information content (AvgIpc) is 2.27. The molecule has 0 aliphatic carbocycles. The van der Waals surface area contributed by atoms with Crippen LogP contribution < -0.4 is 11.3 Å². The standard InChI is InChI=1S/C10H18N4O2S/c1-14(5-6-17(2,15)16)8-9-3-4-10(13-11)12-7-9/h3-4,7H,5-6,8,11H2,1-2H3,(H,12,13). The topological polar surface area (TPSA) is 88.3 Å². The van der Waals surface area contributed by atoms with Gasteiger partial charge < -0.3 is 10.3 Å². The highest BCUT2D eigenvalue weighted by molar-refractivity contribution is 7.90. The van der Waals surface area contributed by atoms with Gasteiger partial charge in [-0.1, -0.05) is 6.07 Å². The summed E-state index contributed by atoms with van der Waals surface area (Å²) >= 11 is 0. The van der Waals surface area contributed by atoms with Crippen molar-refractivity contribution in [2.75, 3.05) is 31.0 Å². The molecule has 0 atom stereocenters. The SMILES string of the molecule is CN(CCS(C)(=O)=O)Cc1ccc(NN)nc1. The van der Waals surface area contributed by atoms with Crippen molar-refractivity contribution < 1.29 is 8.42 Å². The Morgan fingerprint density at radius 3 is 2.65 bits per heavy atom. The van der Waals surface area contributed by atoms with E-state index in [1.54, 1.807) is 12.3 Å². The fraction of sp³-hybridized carbons (Fsp3) is 0.500. The van der Waals surface area contributed by atoms with Crippen LogP contribution in [0.4, 0.5) is 5.82 Å². The Balaban J connectivity index is 2.47. The van der Waals surface area contributed by atoms with Gasteiger partial charge in [0.15, 0.2) is 0 Å². The lowest BCUT2D eigenvalue weighted by Gasteiger charge is -2.15. The zero-order chi connectivity index (χ0) is 12.9. The van der Waals surface area contributed by atoms with Crippen molar-refractivity contribution in [3.05, 3.63) is 23.9 Å². The van der Waals surface area contributed by atoms with Gasteiger partial charge >= 0.3 is 0 Å². The molecule has 0 unspecified atom stereocenters. The summed E-state index contributed by atoms with van der Waals surface area (Å²) in [6, 6.07) is 3.68. The predicted molar refractivity (Wildman–Crippen MR) is 68.1 cm³/mol. The number of nitrogens with two attached hydrogens (primary N) is 1. The van der Waals surface area contributed by atoms with Crippen molar-refractivity contribution in [3.63, 3.8) is 0 Å². The molecule has 0 saturated heterocycles. The molecular weight excluding hydrogens is 240 g/mol. The molecule has 96 valence electrons. The van der Waals surface area contributed by atoms with Gasteiger partial charge in [-0.25, -0.2) is 19.2 Å². The molecule has 1 aromatic heterocycles. The molecule has 0 aliphatic rings. The van der Waals surface area contributed by atoms with E-state index >= 15 is 0 Å². The largest absolute Gasteiger partial charge is 0.308 e. The second kappa shape index (κ2) is 5.95. The van der Waals surface area contributed by atoms with Crippen LogP contribution in [0.25, 0.3) is 0 Å². The monoisotopic (exact) mass is 258 g/mol. The first-order valence-corrected chi connectivity index (χ1v) is 7.24. The molecule has 0 aromatic carbocycles. The van der Waals surface area contributed by atoms with Crippen molar-refractivity contribution in [1.29, 1.82) is 0 Å². The molecule has 1 rings (SSSR count). The Kier molecular flexibility index (Phi) is 4.86. The van der Waals surface area contributed by atoms with Gasteiger partial charge in [-0.15, -0.1) is 0 Å². The highest BCUT2D eigenvalue weighted by Crippen LogP contribution is 2.05. The van der Waals surface area contributed by atoms with Crippen molar-refractivity contribution >= 4 is 15.7 Å². The van der Waals surface area contributed by atoms with E-state index in [9.17, 15) is 8.42 Å². The predicted octanol–water partition coefficient (Wildman–Crippen LogP) is -0.156. The maximum absolute atomic E-state index is 11.0. The zero-order valence-corrected chi connectivity index (χ0v) is 10.9. The summed E-state index contributed by atoms with van der Waals surface area (Å²) in [7, 11) is -1.03. The summed E-state index contributed by atoms with van der Waals surface area (Å²) in [4.78, 5) is 6.02. The van der Waals surface area contributed by atoms with Crippen LogP contribution in [0, 0.1) is 0 Å². The smallest absolute Gasteiger partial charge is 0.148 e. The number of nitrogens with zero attached hydrogens (tertiary/aromatic N) is 2. The first-order valence-electron chi connectivity index (χ1n) is 5.18. The third-order valence-corrected chi connectivity index (χ3v) is 3.19. The highest BCUT2D eigenvalue weighted by atomic mass is 32.2. The highest BCUT2D eigenvalue weighted by Gasteiger charge is 2.06. The lowest BCUT2D eigenvalue weighted by Crippen LogP contribution is -2.25. The van der Waals surface area contributed by atoms with E-state index in [0.717, 1.165) is 5.56 Å². The normalized spacial score (nSPS) is 11.8. The van der Waals surface area contributed by atoms with Gasteiger partial charge in [0, 0.05) is 25.5 Å². The Bertz CT molecular complexity index is 444. The van der Waals surface area contributed by atoms with Crippen molar-refractivity contribution in [1.82, 2.24) is 9.88 Å². The summed E-state index contributed by atoms with van der Waals surface area (Å²) < 4.78 is 22.0. The Labute approximate surface area is 102 Å². The molecule has 0 spiro atoms. The van der Waals surface area contributed by atoms with Crippen LogP contribution in [-0.4, -0.2) is 43.9 Å². The first kappa shape index (κ1) is 13.9.